The number of nitrogens with zero attached hydrogens (tertiary/aromatic N) is 1. The first-order valence-corrected chi connectivity index (χ1v) is 7.24. The molecule has 0 radical (unpaired) electrons. The Balaban J connectivity index is 1.96. The lowest BCUT2D eigenvalue weighted by Crippen LogP contribution is -2.39. The zero-order valence-corrected chi connectivity index (χ0v) is 12.2. The number of piperidine rings is 1. The predicted molar refractivity (Wildman–Crippen MR) is 78.1 cm³/mol. The van der Waals surface area contributed by atoms with E-state index in [1.54, 1.807) is 0 Å². The third-order valence-electron chi connectivity index (χ3n) is 3.82. The van der Waals surface area contributed by atoms with Crippen LogP contribution in [0.5, 0.6) is 0 Å². The van der Waals surface area contributed by atoms with Gasteiger partial charge in [0, 0.05) is 28.2 Å². The summed E-state index contributed by atoms with van der Waals surface area (Å²) in [5.74, 6) is 0.656. The highest BCUT2D eigenvalue weighted by atomic mass is 35.5. The second kappa shape index (κ2) is 6.25. The first-order valence-electron chi connectivity index (χ1n) is 6.48. The third-order valence-corrected chi connectivity index (χ3v) is 4.53. The van der Waals surface area contributed by atoms with Crippen molar-refractivity contribution in [2.75, 3.05) is 13.1 Å². The van der Waals surface area contributed by atoms with Crippen LogP contribution < -0.4 is 5.73 Å². The van der Waals surface area contributed by atoms with Gasteiger partial charge in [-0.15, -0.1) is 0 Å². The summed E-state index contributed by atoms with van der Waals surface area (Å²) in [6.07, 6.45) is 2.33. The Morgan fingerprint density at radius 1 is 1.28 bits per heavy atom. The molecule has 1 fully saturated rings. The van der Waals surface area contributed by atoms with Gasteiger partial charge >= 0.3 is 0 Å². The van der Waals surface area contributed by atoms with Gasteiger partial charge in [0.25, 0.3) is 0 Å². The van der Waals surface area contributed by atoms with Gasteiger partial charge in [-0.25, -0.2) is 0 Å². The van der Waals surface area contributed by atoms with Crippen LogP contribution in [0.4, 0.5) is 0 Å². The Morgan fingerprint density at radius 3 is 2.33 bits per heavy atom. The van der Waals surface area contributed by atoms with E-state index in [0.29, 0.717) is 12.0 Å². The first-order chi connectivity index (χ1) is 8.58. The summed E-state index contributed by atoms with van der Waals surface area (Å²) in [4.78, 5) is 2.41. The SMILES string of the molecule is CC(N)C1CCN(Cc2c(Cl)cccc2Cl)CC1. The number of hydrogen-bond acceptors (Lipinski definition) is 2. The van der Waals surface area contributed by atoms with Crippen molar-refractivity contribution in [3.63, 3.8) is 0 Å². The van der Waals surface area contributed by atoms with Crippen LogP contribution in [0.1, 0.15) is 25.3 Å². The Hall–Kier alpha value is -0.280. The number of hydrogen-bond donors (Lipinski definition) is 1. The van der Waals surface area contributed by atoms with Crippen molar-refractivity contribution in [3.05, 3.63) is 33.8 Å². The van der Waals surface area contributed by atoms with Gasteiger partial charge in [-0.1, -0.05) is 29.3 Å². The average Bonchev–Trinajstić information content (AvgIpc) is 2.34. The molecule has 18 heavy (non-hydrogen) atoms. The van der Waals surface area contributed by atoms with Gasteiger partial charge in [-0.3, -0.25) is 4.90 Å². The van der Waals surface area contributed by atoms with E-state index in [0.717, 1.165) is 35.2 Å². The maximum Gasteiger partial charge on any atom is 0.0465 e. The lowest BCUT2D eigenvalue weighted by Gasteiger charge is -2.34. The monoisotopic (exact) mass is 286 g/mol. The van der Waals surface area contributed by atoms with Crippen molar-refractivity contribution < 1.29 is 0 Å². The molecule has 1 saturated heterocycles. The molecule has 1 atom stereocenters. The molecule has 1 heterocycles. The minimum absolute atomic E-state index is 0.302. The lowest BCUT2D eigenvalue weighted by atomic mass is 9.91. The number of rotatable bonds is 3. The van der Waals surface area contributed by atoms with E-state index in [9.17, 15) is 0 Å². The van der Waals surface area contributed by atoms with Gasteiger partial charge in [0.2, 0.25) is 0 Å². The molecule has 0 bridgehead atoms. The first kappa shape index (κ1) is 14.1. The van der Waals surface area contributed by atoms with Gasteiger partial charge in [0.05, 0.1) is 0 Å². The Labute approximate surface area is 119 Å². The molecule has 0 aromatic heterocycles. The topological polar surface area (TPSA) is 29.3 Å². The van der Waals surface area contributed by atoms with Crippen LogP contribution in [0.3, 0.4) is 0 Å². The molecule has 4 heteroatoms. The van der Waals surface area contributed by atoms with Crippen LogP contribution in [-0.2, 0) is 6.54 Å². The molecule has 0 amide bonds. The Morgan fingerprint density at radius 2 is 1.83 bits per heavy atom. The number of benzene rings is 1. The summed E-state index contributed by atoms with van der Waals surface area (Å²) < 4.78 is 0. The highest BCUT2D eigenvalue weighted by Crippen LogP contribution is 2.28. The molecule has 0 spiro atoms. The van der Waals surface area contributed by atoms with E-state index in [1.165, 1.54) is 12.8 Å². The number of halogens is 2. The summed E-state index contributed by atoms with van der Waals surface area (Å²) in [5, 5.41) is 1.52. The molecular formula is C14H20Cl2N2. The zero-order chi connectivity index (χ0) is 13.1. The fraction of sp³-hybridized carbons (Fsp3) is 0.571. The normalized spacial score (nSPS) is 20.0. The van der Waals surface area contributed by atoms with Crippen LogP contribution in [-0.4, -0.2) is 24.0 Å². The van der Waals surface area contributed by atoms with Crippen molar-refractivity contribution in [1.82, 2.24) is 4.90 Å². The van der Waals surface area contributed by atoms with Crippen LogP contribution in [0.2, 0.25) is 10.0 Å². The van der Waals surface area contributed by atoms with E-state index in [2.05, 4.69) is 11.8 Å². The Kier molecular flexibility index (Phi) is 4.91. The molecular weight excluding hydrogens is 267 g/mol. The molecule has 1 aromatic carbocycles. The quantitative estimate of drug-likeness (QED) is 0.921. The maximum atomic E-state index is 6.20. The van der Waals surface area contributed by atoms with E-state index in [1.807, 2.05) is 18.2 Å². The highest BCUT2D eigenvalue weighted by molar-refractivity contribution is 6.35. The standard InChI is InChI=1S/C14H20Cl2N2/c1-10(17)11-5-7-18(8-6-11)9-12-13(15)3-2-4-14(12)16/h2-4,10-11H,5-9,17H2,1H3. The van der Waals surface area contributed by atoms with Gasteiger partial charge in [-0.05, 0) is 50.9 Å². The molecule has 1 aliphatic rings. The highest BCUT2D eigenvalue weighted by Gasteiger charge is 2.22. The van der Waals surface area contributed by atoms with Crippen molar-refractivity contribution in [2.45, 2.75) is 32.4 Å². The van der Waals surface area contributed by atoms with Gasteiger partial charge < -0.3 is 5.73 Å². The average molecular weight is 287 g/mol. The van der Waals surface area contributed by atoms with Gasteiger partial charge in [-0.2, -0.15) is 0 Å². The number of likely N-dealkylation sites (tertiary alicyclic amines) is 1. The largest absolute Gasteiger partial charge is 0.328 e. The van der Waals surface area contributed by atoms with Gasteiger partial charge in [0.1, 0.15) is 0 Å². The van der Waals surface area contributed by atoms with Crippen molar-refractivity contribution in [2.24, 2.45) is 11.7 Å². The predicted octanol–water partition coefficient (Wildman–Crippen LogP) is 3.55. The molecule has 100 valence electrons. The van der Waals surface area contributed by atoms with Crippen LogP contribution in [0.15, 0.2) is 18.2 Å². The summed E-state index contributed by atoms with van der Waals surface area (Å²) >= 11 is 12.4. The van der Waals surface area contributed by atoms with Crippen molar-refractivity contribution >= 4 is 23.2 Å². The van der Waals surface area contributed by atoms with E-state index in [-0.39, 0.29) is 0 Å². The molecule has 0 saturated carbocycles. The smallest absolute Gasteiger partial charge is 0.0465 e. The zero-order valence-electron chi connectivity index (χ0n) is 10.7. The van der Waals surface area contributed by atoms with Gasteiger partial charge in [0.15, 0.2) is 0 Å². The fourth-order valence-corrected chi connectivity index (χ4v) is 3.06. The van der Waals surface area contributed by atoms with E-state index < -0.39 is 0 Å². The second-order valence-corrected chi connectivity index (χ2v) is 5.99. The Bertz CT molecular complexity index is 379. The molecule has 1 unspecified atom stereocenters. The molecule has 2 rings (SSSR count). The summed E-state index contributed by atoms with van der Waals surface area (Å²) in [6, 6.07) is 5.99. The van der Waals surface area contributed by atoms with Crippen molar-refractivity contribution in [1.29, 1.82) is 0 Å². The van der Waals surface area contributed by atoms with Crippen LogP contribution >= 0.6 is 23.2 Å². The van der Waals surface area contributed by atoms with Crippen molar-refractivity contribution in [3.8, 4) is 0 Å². The molecule has 2 nitrogen and oxygen atoms in total. The summed E-state index contributed by atoms with van der Waals surface area (Å²) in [7, 11) is 0. The molecule has 0 aliphatic carbocycles. The van der Waals surface area contributed by atoms with E-state index in [4.69, 9.17) is 28.9 Å². The molecule has 1 aliphatic heterocycles. The molecule has 1 aromatic rings. The second-order valence-electron chi connectivity index (χ2n) is 5.17. The molecule has 2 N–H and O–H groups in total. The van der Waals surface area contributed by atoms with Crippen LogP contribution in [0, 0.1) is 5.92 Å². The lowest BCUT2D eigenvalue weighted by molar-refractivity contribution is 0.166. The summed E-state index contributed by atoms with van der Waals surface area (Å²) in [6.45, 7) is 5.09. The summed E-state index contributed by atoms with van der Waals surface area (Å²) in [5.41, 5.74) is 6.99. The number of nitrogens with two attached hydrogens (primary N) is 1. The maximum absolute atomic E-state index is 6.20. The minimum atomic E-state index is 0.302. The fourth-order valence-electron chi connectivity index (χ4n) is 2.54. The third kappa shape index (κ3) is 3.39. The van der Waals surface area contributed by atoms with E-state index >= 15 is 0 Å². The minimum Gasteiger partial charge on any atom is -0.328 e. The van der Waals surface area contributed by atoms with Crippen LogP contribution in [0.25, 0.3) is 0 Å².